The third-order valence-corrected chi connectivity index (χ3v) is 4.24. The molecule has 0 saturated heterocycles. The highest BCUT2D eigenvalue weighted by Crippen LogP contribution is 2.14. The first-order valence-corrected chi connectivity index (χ1v) is 8.58. The molecule has 0 amide bonds. The Kier molecular flexibility index (Phi) is 5.33. The number of nitrogens with one attached hydrogen (secondary N) is 1. The molecule has 2 aromatic rings. The Labute approximate surface area is 136 Å². The van der Waals surface area contributed by atoms with Gasteiger partial charge in [-0.05, 0) is 45.0 Å². The molecule has 0 spiro atoms. The lowest BCUT2D eigenvalue weighted by atomic mass is 10.2. The number of oxime groups is 1. The second-order valence-electron chi connectivity index (χ2n) is 4.98. The molecule has 0 radical (unpaired) electrons. The highest BCUT2D eigenvalue weighted by molar-refractivity contribution is 7.86. The molecule has 0 saturated carbocycles. The zero-order chi connectivity index (χ0) is 16.9. The third-order valence-electron chi connectivity index (χ3n) is 3.12. The van der Waals surface area contributed by atoms with E-state index in [0.717, 1.165) is 17.7 Å². The second kappa shape index (κ2) is 7.23. The molecule has 6 nitrogen and oxygen atoms in total. The molecule has 0 fully saturated rings. The number of nitrogens with zero attached hydrogens (tertiary/aromatic N) is 2. The van der Waals surface area contributed by atoms with Crippen LogP contribution in [0, 0.1) is 6.92 Å². The van der Waals surface area contributed by atoms with Crippen molar-refractivity contribution >= 4 is 21.6 Å². The van der Waals surface area contributed by atoms with Crippen LogP contribution >= 0.6 is 0 Å². The van der Waals surface area contributed by atoms with Gasteiger partial charge in [0.1, 0.15) is 10.7 Å². The molecule has 0 unspecified atom stereocenters. The summed E-state index contributed by atoms with van der Waals surface area (Å²) in [6.45, 7) is 6.26. The van der Waals surface area contributed by atoms with E-state index in [1.807, 2.05) is 13.8 Å². The van der Waals surface area contributed by atoms with Gasteiger partial charge >= 0.3 is 10.1 Å². The van der Waals surface area contributed by atoms with Crippen LogP contribution in [-0.4, -0.2) is 25.7 Å². The Hall–Kier alpha value is -2.41. The highest BCUT2D eigenvalue weighted by atomic mass is 32.2. The van der Waals surface area contributed by atoms with E-state index in [2.05, 4.69) is 15.5 Å². The van der Waals surface area contributed by atoms with Gasteiger partial charge in [0.25, 0.3) is 0 Å². The van der Waals surface area contributed by atoms with Gasteiger partial charge in [0, 0.05) is 18.3 Å². The minimum atomic E-state index is -3.92. The minimum Gasteiger partial charge on any atom is -0.370 e. The average Bonchev–Trinajstić information content (AvgIpc) is 2.54. The van der Waals surface area contributed by atoms with Crippen LogP contribution in [0.4, 0.5) is 5.82 Å². The van der Waals surface area contributed by atoms with Crippen molar-refractivity contribution < 1.29 is 12.7 Å². The summed E-state index contributed by atoms with van der Waals surface area (Å²) in [4.78, 5) is 4.22. The summed E-state index contributed by atoms with van der Waals surface area (Å²) < 4.78 is 29.0. The fraction of sp³-hybridized carbons (Fsp3) is 0.250. The van der Waals surface area contributed by atoms with E-state index in [-0.39, 0.29) is 4.90 Å². The molecule has 0 bridgehead atoms. The maximum atomic E-state index is 12.1. The standard InChI is InChI=1S/C16H19N3O3S/c1-4-17-16-11-14(9-10-18-16)13(3)19-22-23(20,21)15-7-5-12(2)6-8-15/h5-11H,4H2,1-3H3,(H,17,18)/b19-13-. The van der Waals surface area contributed by atoms with Gasteiger partial charge in [-0.2, -0.15) is 8.42 Å². The molecule has 0 atom stereocenters. The van der Waals surface area contributed by atoms with Crippen molar-refractivity contribution in [3.63, 3.8) is 0 Å². The van der Waals surface area contributed by atoms with Gasteiger partial charge in [0.05, 0.1) is 5.71 Å². The monoisotopic (exact) mass is 333 g/mol. The zero-order valence-corrected chi connectivity index (χ0v) is 14.1. The van der Waals surface area contributed by atoms with Gasteiger partial charge in [-0.3, -0.25) is 4.28 Å². The first kappa shape index (κ1) is 17.0. The quantitative estimate of drug-likeness (QED) is 0.649. The topological polar surface area (TPSA) is 80.7 Å². The van der Waals surface area contributed by atoms with Gasteiger partial charge in [0.15, 0.2) is 0 Å². The maximum Gasteiger partial charge on any atom is 0.358 e. The summed E-state index contributed by atoms with van der Waals surface area (Å²) in [6, 6.07) is 9.92. The second-order valence-corrected chi connectivity index (χ2v) is 6.51. The van der Waals surface area contributed by atoms with Crippen molar-refractivity contribution in [3.8, 4) is 0 Å². The van der Waals surface area contributed by atoms with E-state index in [1.54, 1.807) is 37.4 Å². The summed E-state index contributed by atoms with van der Waals surface area (Å²) in [5.74, 6) is 0.695. The summed E-state index contributed by atoms with van der Waals surface area (Å²) in [5, 5.41) is 6.82. The number of rotatable bonds is 6. The first-order valence-electron chi connectivity index (χ1n) is 7.17. The number of hydrogen-bond donors (Lipinski definition) is 1. The van der Waals surface area contributed by atoms with Crippen LogP contribution in [-0.2, 0) is 14.4 Å². The Morgan fingerprint density at radius 2 is 1.96 bits per heavy atom. The van der Waals surface area contributed by atoms with E-state index >= 15 is 0 Å². The van der Waals surface area contributed by atoms with Gasteiger partial charge < -0.3 is 5.32 Å². The maximum absolute atomic E-state index is 12.1. The van der Waals surface area contributed by atoms with Crippen molar-refractivity contribution in [1.82, 2.24) is 4.98 Å². The lowest BCUT2D eigenvalue weighted by molar-refractivity contribution is 0.339. The molecule has 0 aliphatic carbocycles. The molecular formula is C16H19N3O3S. The molecule has 1 N–H and O–H groups in total. The third kappa shape index (κ3) is 4.53. The van der Waals surface area contributed by atoms with Crippen LogP contribution < -0.4 is 5.32 Å². The molecule has 1 aromatic heterocycles. The Morgan fingerprint density at radius 3 is 2.61 bits per heavy atom. The molecule has 122 valence electrons. The minimum absolute atomic E-state index is 0.0720. The molecule has 7 heteroatoms. The Balaban J connectivity index is 2.18. The van der Waals surface area contributed by atoms with Crippen LogP contribution in [0.5, 0.6) is 0 Å². The average molecular weight is 333 g/mol. The number of hydrogen-bond acceptors (Lipinski definition) is 6. The molecule has 0 aliphatic rings. The van der Waals surface area contributed by atoms with Crippen LogP contribution in [0.2, 0.25) is 0 Å². The van der Waals surface area contributed by atoms with Crippen LogP contribution in [0.25, 0.3) is 0 Å². The predicted molar refractivity (Wildman–Crippen MR) is 90.1 cm³/mol. The van der Waals surface area contributed by atoms with Crippen LogP contribution in [0.15, 0.2) is 52.6 Å². The van der Waals surface area contributed by atoms with Crippen molar-refractivity contribution in [3.05, 3.63) is 53.7 Å². The number of aromatic nitrogens is 1. The molecular weight excluding hydrogens is 314 g/mol. The smallest absolute Gasteiger partial charge is 0.358 e. The molecule has 2 rings (SSSR count). The Bertz CT molecular complexity index is 800. The molecule has 23 heavy (non-hydrogen) atoms. The molecule has 0 aliphatic heterocycles. The van der Waals surface area contributed by atoms with Gasteiger partial charge in [0.2, 0.25) is 0 Å². The van der Waals surface area contributed by atoms with E-state index in [9.17, 15) is 8.42 Å². The normalized spacial score (nSPS) is 12.0. The van der Waals surface area contributed by atoms with Crippen LogP contribution in [0.3, 0.4) is 0 Å². The fourth-order valence-corrected chi connectivity index (χ4v) is 2.60. The largest absolute Gasteiger partial charge is 0.370 e. The number of benzene rings is 1. The van der Waals surface area contributed by atoms with E-state index in [4.69, 9.17) is 4.28 Å². The van der Waals surface area contributed by atoms with Crippen molar-refractivity contribution in [2.45, 2.75) is 25.7 Å². The van der Waals surface area contributed by atoms with Gasteiger partial charge in [-0.1, -0.05) is 22.9 Å². The lowest BCUT2D eigenvalue weighted by Crippen LogP contribution is -2.06. The summed E-state index contributed by atoms with van der Waals surface area (Å²) in [7, 11) is -3.92. The van der Waals surface area contributed by atoms with Gasteiger partial charge in [-0.15, -0.1) is 0 Å². The Morgan fingerprint density at radius 1 is 1.26 bits per heavy atom. The summed E-state index contributed by atoms with van der Waals surface area (Å²) >= 11 is 0. The summed E-state index contributed by atoms with van der Waals surface area (Å²) in [5.41, 5.74) is 2.15. The summed E-state index contributed by atoms with van der Waals surface area (Å²) in [6.07, 6.45) is 1.63. The lowest BCUT2D eigenvalue weighted by Gasteiger charge is -2.06. The number of anilines is 1. The number of pyridine rings is 1. The van der Waals surface area contributed by atoms with E-state index < -0.39 is 10.1 Å². The molecule has 1 heterocycles. The molecule has 1 aromatic carbocycles. The van der Waals surface area contributed by atoms with E-state index in [1.165, 1.54) is 12.1 Å². The predicted octanol–water partition coefficient (Wildman–Crippen LogP) is 2.95. The van der Waals surface area contributed by atoms with Crippen molar-refractivity contribution in [2.24, 2.45) is 5.16 Å². The van der Waals surface area contributed by atoms with Crippen LogP contribution in [0.1, 0.15) is 25.0 Å². The first-order chi connectivity index (χ1) is 10.9. The van der Waals surface area contributed by atoms with Crippen molar-refractivity contribution in [1.29, 1.82) is 0 Å². The number of aryl methyl sites for hydroxylation is 1. The van der Waals surface area contributed by atoms with Gasteiger partial charge in [-0.25, -0.2) is 4.98 Å². The van der Waals surface area contributed by atoms with E-state index in [0.29, 0.717) is 11.5 Å². The van der Waals surface area contributed by atoms with Crippen molar-refractivity contribution in [2.75, 3.05) is 11.9 Å². The fourth-order valence-electron chi connectivity index (χ4n) is 1.84. The SMILES string of the molecule is CCNc1cc(/C(C)=N\OS(=O)(=O)c2ccc(C)cc2)ccn1. The highest BCUT2D eigenvalue weighted by Gasteiger charge is 2.15. The zero-order valence-electron chi connectivity index (χ0n) is 13.3.